The molecule has 4 N–H and O–H groups in total. The van der Waals surface area contributed by atoms with Crippen LogP contribution in [0.1, 0.15) is 35.2 Å². The normalized spacial score (nSPS) is 13.8. The minimum absolute atomic E-state index is 0.195. The third kappa shape index (κ3) is 5.97. The van der Waals surface area contributed by atoms with Gasteiger partial charge in [0.25, 0.3) is 0 Å². The maximum Gasteiger partial charge on any atom is 0.141 e. The Bertz CT molecular complexity index is 1420. The molecule has 5 rings (SSSR count). The highest BCUT2D eigenvalue weighted by Gasteiger charge is 2.20. The maximum atomic E-state index is 14.3. The fraction of sp³-hybridized carbons (Fsp3) is 0.286. The second-order valence-electron chi connectivity index (χ2n) is 9.31. The van der Waals surface area contributed by atoms with Crippen molar-refractivity contribution in [2.45, 2.75) is 31.7 Å². The van der Waals surface area contributed by atoms with E-state index in [2.05, 4.69) is 20.3 Å². The van der Waals surface area contributed by atoms with Crippen LogP contribution >= 0.6 is 0 Å². The number of nitrogens with two attached hydrogens (primary N) is 1. The fourth-order valence-corrected chi connectivity index (χ4v) is 4.48. The average Bonchev–Trinajstić information content (AvgIpc) is 3.32. The number of ether oxygens (including phenoxy) is 2. The second kappa shape index (κ2) is 11.4. The van der Waals surface area contributed by atoms with E-state index in [1.54, 1.807) is 30.6 Å². The molecule has 0 spiro atoms. The lowest BCUT2D eigenvalue weighted by Crippen LogP contribution is -2.29. The van der Waals surface area contributed by atoms with E-state index in [9.17, 15) is 4.39 Å². The molecule has 1 aliphatic rings. The molecule has 3 heterocycles. The highest BCUT2D eigenvalue weighted by atomic mass is 19.1. The van der Waals surface area contributed by atoms with E-state index in [0.717, 1.165) is 30.5 Å². The van der Waals surface area contributed by atoms with Crippen LogP contribution in [0.25, 0.3) is 0 Å². The standard InChI is InChI=1S/C28H30FN7O2/c1-36-17-32-15-22(36)5-2-18-12-20(29)14-24(13-18)38-23-6-3-19(4-7-23)26(30)25-27(31)33-16-34-28(25)35-21-8-10-37-11-9-21/h3-4,6-7,12-17,21,30H,2,5,8-11H2,1H3,(H3,31,33,34,35). The molecule has 2 aromatic heterocycles. The first-order chi connectivity index (χ1) is 18.5. The van der Waals surface area contributed by atoms with E-state index in [-0.39, 0.29) is 23.4 Å². The van der Waals surface area contributed by atoms with Gasteiger partial charge in [-0.05, 0) is 67.6 Å². The number of rotatable bonds is 9. The molecule has 0 atom stereocenters. The summed E-state index contributed by atoms with van der Waals surface area (Å²) in [7, 11) is 1.94. The van der Waals surface area contributed by atoms with Crippen LogP contribution in [0, 0.1) is 11.2 Å². The van der Waals surface area contributed by atoms with Gasteiger partial charge in [0.2, 0.25) is 0 Å². The molecule has 9 nitrogen and oxygen atoms in total. The highest BCUT2D eigenvalue weighted by molar-refractivity contribution is 6.16. The van der Waals surface area contributed by atoms with E-state index in [4.69, 9.17) is 20.6 Å². The molecule has 0 aliphatic carbocycles. The van der Waals surface area contributed by atoms with Crippen LogP contribution in [0.5, 0.6) is 11.5 Å². The van der Waals surface area contributed by atoms with Crippen LogP contribution < -0.4 is 15.8 Å². The van der Waals surface area contributed by atoms with Crippen molar-refractivity contribution in [2.75, 3.05) is 24.3 Å². The minimum atomic E-state index is -0.356. The number of halogens is 1. The number of anilines is 2. The Labute approximate surface area is 220 Å². The maximum absolute atomic E-state index is 14.3. The van der Waals surface area contributed by atoms with Crippen LogP contribution in [-0.4, -0.2) is 44.5 Å². The molecule has 0 saturated carbocycles. The molecule has 0 amide bonds. The van der Waals surface area contributed by atoms with Crippen molar-refractivity contribution in [3.05, 3.63) is 89.5 Å². The van der Waals surface area contributed by atoms with E-state index in [0.29, 0.717) is 48.1 Å². The van der Waals surface area contributed by atoms with Crippen LogP contribution in [0.15, 0.2) is 61.3 Å². The smallest absolute Gasteiger partial charge is 0.141 e. The summed E-state index contributed by atoms with van der Waals surface area (Å²) in [4.78, 5) is 12.6. The number of aromatic nitrogens is 4. The van der Waals surface area contributed by atoms with Gasteiger partial charge >= 0.3 is 0 Å². The van der Waals surface area contributed by atoms with Crippen molar-refractivity contribution < 1.29 is 13.9 Å². The van der Waals surface area contributed by atoms with Gasteiger partial charge in [-0.1, -0.05) is 0 Å². The van der Waals surface area contributed by atoms with E-state index >= 15 is 0 Å². The number of hydrogen-bond donors (Lipinski definition) is 3. The van der Waals surface area contributed by atoms with Gasteiger partial charge < -0.3 is 25.1 Å². The number of aryl methyl sites for hydroxylation is 3. The molecule has 0 bridgehead atoms. The van der Waals surface area contributed by atoms with E-state index < -0.39 is 0 Å². The predicted octanol–water partition coefficient (Wildman–Crippen LogP) is 4.52. The number of nitrogen functional groups attached to an aromatic ring is 1. The third-order valence-corrected chi connectivity index (χ3v) is 6.58. The molecule has 1 aliphatic heterocycles. The Hall–Kier alpha value is -4.31. The van der Waals surface area contributed by atoms with Crippen molar-refractivity contribution in [3.63, 3.8) is 0 Å². The topological polar surface area (TPSA) is 124 Å². The molecule has 10 heteroatoms. The Morgan fingerprint density at radius 1 is 1.13 bits per heavy atom. The monoisotopic (exact) mass is 515 g/mol. The summed E-state index contributed by atoms with van der Waals surface area (Å²) in [5.41, 5.74) is 9.36. The van der Waals surface area contributed by atoms with Crippen LogP contribution in [-0.2, 0) is 24.6 Å². The third-order valence-electron chi connectivity index (χ3n) is 6.58. The molecule has 2 aromatic carbocycles. The zero-order valence-electron chi connectivity index (χ0n) is 21.2. The minimum Gasteiger partial charge on any atom is -0.457 e. The lowest BCUT2D eigenvalue weighted by Gasteiger charge is -2.25. The SMILES string of the molecule is Cn1cncc1CCc1cc(F)cc(Oc2ccc(C(=N)c3c(N)ncnc3NC3CCOCC3)cc2)c1. The molecular weight excluding hydrogens is 485 g/mol. The predicted molar refractivity (Wildman–Crippen MR) is 143 cm³/mol. The summed E-state index contributed by atoms with van der Waals surface area (Å²) in [5, 5.41) is 12.2. The Morgan fingerprint density at radius 3 is 2.66 bits per heavy atom. The first-order valence-electron chi connectivity index (χ1n) is 12.5. The van der Waals surface area contributed by atoms with Gasteiger partial charge in [0.1, 0.15) is 35.3 Å². The van der Waals surface area contributed by atoms with Crippen LogP contribution in [0.4, 0.5) is 16.0 Å². The van der Waals surface area contributed by atoms with Gasteiger partial charge in [-0.2, -0.15) is 0 Å². The summed E-state index contributed by atoms with van der Waals surface area (Å²) in [5.74, 6) is 1.36. The van der Waals surface area contributed by atoms with Gasteiger partial charge in [0, 0.05) is 49.8 Å². The Morgan fingerprint density at radius 2 is 1.92 bits per heavy atom. The Balaban J connectivity index is 1.29. The molecule has 4 aromatic rings. The largest absolute Gasteiger partial charge is 0.457 e. The summed E-state index contributed by atoms with van der Waals surface area (Å²) in [6, 6.07) is 11.9. The van der Waals surface area contributed by atoms with Crippen molar-refractivity contribution in [2.24, 2.45) is 7.05 Å². The van der Waals surface area contributed by atoms with Gasteiger partial charge in [0.05, 0.1) is 17.6 Å². The first-order valence-corrected chi connectivity index (χ1v) is 12.5. The van der Waals surface area contributed by atoms with Gasteiger partial charge in [0.15, 0.2) is 0 Å². The number of imidazole rings is 1. The Kier molecular flexibility index (Phi) is 7.60. The fourth-order valence-electron chi connectivity index (χ4n) is 4.48. The number of nitrogens with one attached hydrogen (secondary N) is 2. The van der Waals surface area contributed by atoms with Crippen LogP contribution in [0.2, 0.25) is 0 Å². The summed E-state index contributed by atoms with van der Waals surface area (Å²) in [6.07, 6.45) is 8.08. The quantitative estimate of drug-likeness (QED) is 0.280. The zero-order chi connectivity index (χ0) is 26.5. The van der Waals surface area contributed by atoms with Gasteiger partial charge in [-0.15, -0.1) is 0 Å². The number of benzene rings is 2. The highest BCUT2D eigenvalue weighted by Crippen LogP contribution is 2.27. The molecule has 0 unspecified atom stereocenters. The van der Waals surface area contributed by atoms with Crippen molar-refractivity contribution in [3.8, 4) is 11.5 Å². The van der Waals surface area contributed by atoms with E-state index in [1.165, 1.54) is 18.5 Å². The lowest BCUT2D eigenvalue weighted by molar-refractivity contribution is 0.0904. The molecule has 38 heavy (non-hydrogen) atoms. The van der Waals surface area contributed by atoms with Gasteiger partial charge in [-0.3, -0.25) is 5.41 Å². The second-order valence-corrected chi connectivity index (χ2v) is 9.31. The lowest BCUT2D eigenvalue weighted by atomic mass is 10.0. The number of nitrogens with zero attached hydrogens (tertiary/aromatic N) is 4. The summed E-state index contributed by atoms with van der Waals surface area (Å²) < 4.78 is 27.6. The van der Waals surface area contributed by atoms with Crippen molar-refractivity contribution >= 4 is 17.3 Å². The van der Waals surface area contributed by atoms with Crippen LogP contribution in [0.3, 0.4) is 0 Å². The molecule has 1 saturated heterocycles. The van der Waals surface area contributed by atoms with E-state index in [1.807, 2.05) is 23.9 Å². The molecule has 1 fully saturated rings. The molecule has 0 radical (unpaired) electrons. The summed E-state index contributed by atoms with van der Waals surface area (Å²) >= 11 is 0. The zero-order valence-corrected chi connectivity index (χ0v) is 21.2. The van der Waals surface area contributed by atoms with Gasteiger partial charge in [-0.25, -0.2) is 19.3 Å². The summed E-state index contributed by atoms with van der Waals surface area (Å²) in [6.45, 7) is 1.37. The average molecular weight is 516 g/mol. The first kappa shape index (κ1) is 25.3. The molecule has 196 valence electrons. The molecular formula is C28H30FN7O2. The van der Waals surface area contributed by atoms with Crippen molar-refractivity contribution in [1.29, 1.82) is 5.41 Å². The van der Waals surface area contributed by atoms with Crippen molar-refractivity contribution in [1.82, 2.24) is 19.5 Å². The number of hydrogen-bond acceptors (Lipinski definition) is 8.